The number of Topliss-reactive ketones (excluding diaryl/α,β-unsaturated/α-hetero) is 1. The zero-order chi connectivity index (χ0) is 9.52. The van der Waals surface area contributed by atoms with E-state index in [-0.39, 0.29) is 0 Å². The molecular weight excluding hydrogens is 160 g/mol. The van der Waals surface area contributed by atoms with E-state index in [9.17, 15) is 4.79 Å². The smallest absolute Gasteiger partial charge is 0.135 e. The molecule has 0 saturated heterocycles. The summed E-state index contributed by atoms with van der Waals surface area (Å²) >= 11 is 0. The lowest BCUT2D eigenvalue weighted by atomic mass is 9.84. The van der Waals surface area contributed by atoms with Crippen LogP contribution in [0.5, 0.6) is 0 Å². The summed E-state index contributed by atoms with van der Waals surface area (Å²) in [6.45, 7) is 2.23. The van der Waals surface area contributed by atoms with Crippen molar-refractivity contribution >= 4 is 5.78 Å². The Balaban J connectivity index is 2.08. The lowest BCUT2D eigenvalue weighted by Crippen LogP contribution is -2.18. The molecule has 0 radical (unpaired) electrons. The zero-order valence-corrected chi connectivity index (χ0v) is 8.85. The van der Waals surface area contributed by atoms with Crippen molar-refractivity contribution < 1.29 is 4.79 Å². The van der Waals surface area contributed by atoms with Crippen LogP contribution in [0.25, 0.3) is 0 Å². The van der Waals surface area contributed by atoms with Crippen molar-refractivity contribution in [3.63, 3.8) is 0 Å². The summed E-state index contributed by atoms with van der Waals surface area (Å²) in [4.78, 5) is 11.5. The quantitative estimate of drug-likeness (QED) is 0.592. The first-order chi connectivity index (χ1) is 6.34. The summed E-state index contributed by atoms with van der Waals surface area (Å²) in [5.41, 5.74) is 0. The van der Waals surface area contributed by atoms with Crippen molar-refractivity contribution in [3.8, 4) is 0 Å². The predicted molar refractivity (Wildman–Crippen MR) is 55.7 cm³/mol. The van der Waals surface area contributed by atoms with Crippen molar-refractivity contribution in [1.29, 1.82) is 0 Å². The number of carbonyl (C=O) groups excluding carboxylic acids is 1. The molecule has 76 valence electrons. The summed E-state index contributed by atoms with van der Waals surface area (Å²) in [6, 6.07) is 0. The minimum Gasteiger partial charge on any atom is -0.299 e. The molecule has 0 aromatic rings. The fraction of sp³-hybridized carbons (Fsp3) is 0.917. The second-order valence-electron chi connectivity index (χ2n) is 4.26. The highest BCUT2D eigenvalue weighted by Gasteiger charge is 2.20. The highest BCUT2D eigenvalue weighted by atomic mass is 16.1. The molecule has 0 N–H and O–H groups in total. The molecule has 0 bridgehead atoms. The minimum atomic E-state index is 0.436. The highest BCUT2D eigenvalue weighted by molar-refractivity contribution is 5.81. The van der Waals surface area contributed by atoms with Gasteiger partial charge >= 0.3 is 0 Å². The second kappa shape index (κ2) is 6.17. The molecule has 1 nitrogen and oxygen atoms in total. The van der Waals surface area contributed by atoms with Crippen LogP contribution in [0, 0.1) is 5.92 Å². The molecule has 13 heavy (non-hydrogen) atoms. The number of hydrogen-bond acceptors (Lipinski definition) is 1. The normalized spacial score (nSPS) is 23.5. The van der Waals surface area contributed by atoms with Gasteiger partial charge in [0, 0.05) is 12.3 Å². The average Bonchev–Trinajstić information content (AvgIpc) is 2.15. The van der Waals surface area contributed by atoms with Gasteiger partial charge in [0.25, 0.3) is 0 Å². The third-order valence-electron chi connectivity index (χ3n) is 3.09. The molecule has 0 aliphatic heterocycles. The number of hydrogen-bond donors (Lipinski definition) is 0. The van der Waals surface area contributed by atoms with Gasteiger partial charge in [-0.15, -0.1) is 0 Å². The highest BCUT2D eigenvalue weighted by Crippen LogP contribution is 2.25. The van der Waals surface area contributed by atoms with Crippen LogP contribution in [0.1, 0.15) is 64.7 Å². The van der Waals surface area contributed by atoms with Gasteiger partial charge in [0.05, 0.1) is 0 Å². The summed E-state index contributed by atoms with van der Waals surface area (Å²) in [5, 5.41) is 0. The van der Waals surface area contributed by atoms with E-state index in [4.69, 9.17) is 0 Å². The van der Waals surface area contributed by atoms with Crippen LogP contribution in [0.4, 0.5) is 0 Å². The van der Waals surface area contributed by atoms with E-state index >= 15 is 0 Å². The first-order valence-corrected chi connectivity index (χ1v) is 5.87. The zero-order valence-electron chi connectivity index (χ0n) is 8.85. The molecule has 0 aromatic carbocycles. The summed E-state index contributed by atoms with van der Waals surface area (Å²) in [6.07, 6.45) is 10.8. The maximum Gasteiger partial charge on any atom is 0.135 e. The molecule has 1 fully saturated rings. The Labute approximate surface area is 81.9 Å². The first-order valence-electron chi connectivity index (χ1n) is 5.87. The average molecular weight is 182 g/mol. The van der Waals surface area contributed by atoms with Crippen LogP contribution in [0.15, 0.2) is 0 Å². The topological polar surface area (TPSA) is 17.1 Å². The molecule has 0 aromatic heterocycles. The summed E-state index contributed by atoms with van der Waals surface area (Å²) in [7, 11) is 0. The predicted octanol–water partition coefficient (Wildman–Crippen LogP) is 3.72. The molecule has 1 rings (SSSR count). The Morgan fingerprint density at radius 2 is 2.08 bits per heavy atom. The van der Waals surface area contributed by atoms with Crippen LogP contribution >= 0.6 is 0 Å². The molecule has 1 heteroatoms. The Morgan fingerprint density at radius 3 is 2.77 bits per heavy atom. The van der Waals surface area contributed by atoms with E-state index in [1.54, 1.807) is 0 Å². The third-order valence-corrected chi connectivity index (χ3v) is 3.09. The maximum atomic E-state index is 11.5. The van der Waals surface area contributed by atoms with Crippen molar-refractivity contribution in [2.24, 2.45) is 5.92 Å². The lowest BCUT2D eigenvalue weighted by Gasteiger charge is -2.19. The molecule has 1 aliphatic carbocycles. The summed E-state index contributed by atoms with van der Waals surface area (Å²) < 4.78 is 0. The van der Waals surface area contributed by atoms with Gasteiger partial charge in [-0.2, -0.15) is 0 Å². The Bertz CT molecular complexity index is 151. The van der Waals surface area contributed by atoms with Gasteiger partial charge < -0.3 is 0 Å². The fourth-order valence-corrected chi connectivity index (χ4v) is 2.18. The van der Waals surface area contributed by atoms with E-state index in [2.05, 4.69) is 6.92 Å². The van der Waals surface area contributed by atoms with Gasteiger partial charge in [-0.25, -0.2) is 0 Å². The molecule has 1 aliphatic rings. The minimum absolute atomic E-state index is 0.436. The molecule has 0 spiro atoms. The Hall–Kier alpha value is -0.330. The number of ketones is 1. The van der Waals surface area contributed by atoms with Gasteiger partial charge in [-0.3, -0.25) is 4.79 Å². The van der Waals surface area contributed by atoms with E-state index in [0.29, 0.717) is 11.7 Å². The van der Waals surface area contributed by atoms with Gasteiger partial charge in [0.2, 0.25) is 0 Å². The van der Waals surface area contributed by atoms with Crippen molar-refractivity contribution in [2.75, 3.05) is 0 Å². The van der Waals surface area contributed by atoms with E-state index in [0.717, 1.165) is 12.8 Å². The SMILES string of the molecule is CCCCCCC1CCCCC1=O. The van der Waals surface area contributed by atoms with Crippen LogP contribution in [-0.2, 0) is 4.79 Å². The molecule has 1 saturated carbocycles. The first kappa shape index (κ1) is 10.7. The van der Waals surface area contributed by atoms with Gasteiger partial charge in [-0.1, -0.05) is 39.0 Å². The van der Waals surface area contributed by atoms with Crippen LogP contribution in [0.2, 0.25) is 0 Å². The van der Waals surface area contributed by atoms with Gasteiger partial charge in [0.1, 0.15) is 5.78 Å². The number of rotatable bonds is 5. The third kappa shape index (κ3) is 3.93. The standard InChI is InChI=1S/C12H22O/c1-2-3-4-5-8-11-9-6-7-10-12(11)13/h11H,2-10H2,1H3. The largest absolute Gasteiger partial charge is 0.299 e. The van der Waals surface area contributed by atoms with E-state index in [1.807, 2.05) is 0 Å². The van der Waals surface area contributed by atoms with Crippen LogP contribution in [0.3, 0.4) is 0 Å². The van der Waals surface area contributed by atoms with Crippen LogP contribution < -0.4 is 0 Å². The monoisotopic (exact) mass is 182 g/mol. The Kier molecular flexibility index (Phi) is 5.10. The van der Waals surface area contributed by atoms with Crippen molar-refractivity contribution in [3.05, 3.63) is 0 Å². The number of carbonyl (C=O) groups is 1. The van der Waals surface area contributed by atoms with E-state index in [1.165, 1.54) is 44.9 Å². The van der Waals surface area contributed by atoms with Crippen molar-refractivity contribution in [2.45, 2.75) is 64.7 Å². The summed E-state index contributed by atoms with van der Waals surface area (Å²) in [5.74, 6) is 0.980. The van der Waals surface area contributed by atoms with Crippen LogP contribution in [-0.4, -0.2) is 5.78 Å². The number of unbranched alkanes of at least 4 members (excludes halogenated alkanes) is 3. The van der Waals surface area contributed by atoms with Crippen molar-refractivity contribution in [1.82, 2.24) is 0 Å². The molecule has 0 heterocycles. The molecule has 1 atom stereocenters. The fourth-order valence-electron chi connectivity index (χ4n) is 2.18. The van der Waals surface area contributed by atoms with Gasteiger partial charge in [-0.05, 0) is 19.3 Å². The molecule has 0 amide bonds. The second-order valence-corrected chi connectivity index (χ2v) is 4.26. The van der Waals surface area contributed by atoms with E-state index < -0.39 is 0 Å². The lowest BCUT2D eigenvalue weighted by molar-refractivity contribution is -0.124. The Morgan fingerprint density at radius 1 is 1.23 bits per heavy atom. The molecule has 1 unspecified atom stereocenters. The van der Waals surface area contributed by atoms with Gasteiger partial charge in [0.15, 0.2) is 0 Å². The molecular formula is C12H22O. The maximum absolute atomic E-state index is 11.5.